The van der Waals surface area contributed by atoms with Crippen molar-refractivity contribution < 1.29 is 9.53 Å². The number of ether oxygens (including phenoxy) is 1. The number of hydrogen-bond donors (Lipinski definition) is 1. The van der Waals surface area contributed by atoms with Gasteiger partial charge in [-0.3, -0.25) is 9.78 Å². The maximum absolute atomic E-state index is 11.0. The smallest absolute Gasteiger partial charge is 0.250 e. The van der Waals surface area contributed by atoms with Crippen LogP contribution in [0.1, 0.15) is 23.2 Å². The normalized spacial score (nSPS) is 20.4. The zero-order chi connectivity index (χ0) is 12.3. The molecule has 2 N–H and O–H groups in total. The molecule has 1 aliphatic heterocycles. The minimum Gasteiger partial charge on any atom is -0.490 e. The van der Waals surface area contributed by atoms with E-state index in [-0.39, 0.29) is 0 Å². The molecule has 17 heavy (non-hydrogen) atoms. The first-order valence-electron chi connectivity index (χ1n) is 5.74. The largest absolute Gasteiger partial charge is 0.490 e. The maximum Gasteiger partial charge on any atom is 0.250 e. The Balaban J connectivity index is 1.94. The van der Waals surface area contributed by atoms with Crippen LogP contribution in [0.3, 0.4) is 0 Å². The van der Waals surface area contributed by atoms with Crippen LogP contribution >= 0.6 is 0 Å². The van der Waals surface area contributed by atoms with Gasteiger partial charge in [-0.05, 0) is 32.5 Å². The van der Waals surface area contributed by atoms with Gasteiger partial charge >= 0.3 is 0 Å². The van der Waals surface area contributed by atoms with Crippen molar-refractivity contribution in [3.8, 4) is 5.75 Å². The van der Waals surface area contributed by atoms with E-state index in [1.165, 1.54) is 12.6 Å². The van der Waals surface area contributed by atoms with E-state index in [0.717, 1.165) is 13.0 Å². The highest BCUT2D eigenvalue weighted by atomic mass is 16.5. The summed E-state index contributed by atoms with van der Waals surface area (Å²) in [5.41, 5.74) is 5.56. The maximum atomic E-state index is 11.0. The molecule has 1 aromatic heterocycles. The summed E-state index contributed by atoms with van der Waals surface area (Å²) in [6, 6.07) is 2.08. The summed E-state index contributed by atoms with van der Waals surface area (Å²) >= 11 is 0. The van der Waals surface area contributed by atoms with E-state index in [0.29, 0.717) is 24.0 Å². The van der Waals surface area contributed by atoms with E-state index in [1.54, 1.807) is 12.3 Å². The third-order valence-corrected chi connectivity index (χ3v) is 3.11. The van der Waals surface area contributed by atoms with Crippen molar-refractivity contribution in [2.24, 2.45) is 5.73 Å². The zero-order valence-electron chi connectivity index (χ0n) is 9.93. The molecule has 1 fully saturated rings. The average Bonchev–Trinajstić information content (AvgIpc) is 2.72. The summed E-state index contributed by atoms with van der Waals surface area (Å²) in [5.74, 6) is 0.113. The number of carbonyl (C=O) groups is 1. The van der Waals surface area contributed by atoms with Crippen molar-refractivity contribution in [2.75, 3.05) is 20.2 Å². The molecule has 1 amide bonds. The minimum atomic E-state index is -0.485. The summed E-state index contributed by atoms with van der Waals surface area (Å²) < 4.78 is 5.64. The fraction of sp³-hybridized carbons (Fsp3) is 0.500. The fourth-order valence-corrected chi connectivity index (χ4v) is 2.01. The highest BCUT2D eigenvalue weighted by Crippen LogP contribution is 2.17. The van der Waals surface area contributed by atoms with Gasteiger partial charge in [-0.1, -0.05) is 0 Å². The standard InChI is InChI=1S/C12H17N3O2/c1-15-4-2-3-10(15)8-17-11-5-9(12(13)16)6-14-7-11/h5-7,10H,2-4,8H2,1H3,(H2,13,16)/t10-/m1/s1. The fourth-order valence-electron chi connectivity index (χ4n) is 2.01. The van der Waals surface area contributed by atoms with Crippen LogP contribution in [0.25, 0.3) is 0 Å². The predicted molar refractivity (Wildman–Crippen MR) is 63.9 cm³/mol. The number of likely N-dealkylation sites (tertiary alicyclic amines) is 1. The molecular formula is C12H17N3O2. The summed E-state index contributed by atoms with van der Waals surface area (Å²) in [6.45, 7) is 1.74. The molecule has 0 aliphatic carbocycles. The summed E-state index contributed by atoms with van der Waals surface area (Å²) in [6.07, 6.45) is 5.40. The quantitative estimate of drug-likeness (QED) is 0.832. The topological polar surface area (TPSA) is 68.4 Å². The number of primary amides is 1. The monoisotopic (exact) mass is 235 g/mol. The molecule has 0 radical (unpaired) electrons. The van der Waals surface area contributed by atoms with E-state index in [9.17, 15) is 4.79 Å². The van der Waals surface area contributed by atoms with Crippen LogP contribution in [-0.4, -0.2) is 42.0 Å². The Hall–Kier alpha value is -1.62. The molecular weight excluding hydrogens is 218 g/mol. The molecule has 5 heteroatoms. The Morgan fingerprint density at radius 2 is 2.47 bits per heavy atom. The van der Waals surface area contributed by atoms with Gasteiger partial charge in [-0.15, -0.1) is 0 Å². The summed E-state index contributed by atoms with van der Waals surface area (Å²) in [5, 5.41) is 0. The van der Waals surface area contributed by atoms with Gasteiger partial charge in [-0.25, -0.2) is 0 Å². The minimum absolute atomic E-state index is 0.377. The number of nitrogens with two attached hydrogens (primary N) is 1. The molecule has 0 aromatic carbocycles. The lowest BCUT2D eigenvalue weighted by Gasteiger charge is -2.19. The molecule has 92 valence electrons. The third-order valence-electron chi connectivity index (χ3n) is 3.11. The predicted octanol–water partition coefficient (Wildman–Crippen LogP) is 0.653. The van der Waals surface area contributed by atoms with Crippen LogP contribution in [0.5, 0.6) is 5.75 Å². The highest BCUT2D eigenvalue weighted by Gasteiger charge is 2.21. The first kappa shape index (κ1) is 11.9. The van der Waals surface area contributed by atoms with Crippen LogP contribution in [0, 0.1) is 0 Å². The van der Waals surface area contributed by atoms with Crippen LogP contribution < -0.4 is 10.5 Å². The Labute approximate surface area is 101 Å². The van der Waals surface area contributed by atoms with Crippen LogP contribution in [0.15, 0.2) is 18.5 Å². The SMILES string of the molecule is CN1CCC[C@@H]1COc1cncc(C(N)=O)c1. The van der Waals surface area contributed by atoms with Crippen molar-refractivity contribution in [3.63, 3.8) is 0 Å². The van der Waals surface area contributed by atoms with Crippen molar-refractivity contribution >= 4 is 5.91 Å². The number of rotatable bonds is 4. The van der Waals surface area contributed by atoms with Gasteiger partial charge in [-0.2, -0.15) is 0 Å². The Morgan fingerprint density at radius 3 is 3.12 bits per heavy atom. The van der Waals surface area contributed by atoms with E-state index >= 15 is 0 Å². The molecule has 1 atom stereocenters. The summed E-state index contributed by atoms with van der Waals surface area (Å²) in [7, 11) is 2.10. The first-order valence-corrected chi connectivity index (χ1v) is 5.74. The van der Waals surface area contributed by atoms with Gasteiger partial charge in [0.05, 0.1) is 11.8 Å². The summed E-state index contributed by atoms with van der Waals surface area (Å²) in [4.78, 5) is 17.2. The molecule has 1 aromatic rings. The molecule has 0 saturated carbocycles. The lowest BCUT2D eigenvalue weighted by atomic mass is 10.2. The number of amides is 1. The van der Waals surface area contributed by atoms with Crippen molar-refractivity contribution in [1.82, 2.24) is 9.88 Å². The molecule has 5 nitrogen and oxygen atoms in total. The Bertz CT molecular complexity index is 408. The molecule has 0 unspecified atom stereocenters. The van der Waals surface area contributed by atoms with Gasteiger partial charge in [0.15, 0.2) is 0 Å². The van der Waals surface area contributed by atoms with Crippen LogP contribution in [-0.2, 0) is 0 Å². The van der Waals surface area contributed by atoms with Gasteiger partial charge in [0.1, 0.15) is 12.4 Å². The Kier molecular flexibility index (Phi) is 3.58. The van der Waals surface area contributed by atoms with Gasteiger partial charge in [0.25, 0.3) is 0 Å². The number of aromatic nitrogens is 1. The number of nitrogens with zero attached hydrogens (tertiary/aromatic N) is 2. The van der Waals surface area contributed by atoms with Crippen molar-refractivity contribution in [3.05, 3.63) is 24.0 Å². The van der Waals surface area contributed by atoms with E-state index in [4.69, 9.17) is 10.5 Å². The van der Waals surface area contributed by atoms with Gasteiger partial charge in [0, 0.05) is 12.2 Å². The van der Waals surface area contributed by atoms with E-state index < -0.39 is 5.91 Å². The second-order valence-corrected chi connectivity index (χ2v) is 4.36. The molecule has 0 bridgehead atoms. The molecule has 1 aliphatic rings. The second kappa shape index (κ2) is 5.14. The number of hydrogen-bond acceptors (Lipinski definition) is 4. The lowest BCUT2D eigenvalue weighted by Crippen LogP contribution is -2.30. The Morgan fingerprint density at radius 1 is 1.65 bits per heavy atom. The second-order valence-electron chi connectivity index (χ2n) is 4.36. The number of likely N-dealkylation sites (N-methyl/N-ethyl adjacent to an activating group) is 1. The molecule has 2 rings (SSSR count). The lowest BCUT2D eigenvalue weighted by molar-refractivity contribution is 0.0999. The molecule has 2 heterocycles. The van der Waals surface area contributed by atoms with Crippen LogP contribution in [0.2, 0.25) is 0 Å². The van der Waals surface area contributed by atoms with E-state index in [2.05, 4.69) is 16.9 Å². The first-order chi connectivity index (χ1) is 8.16. The average molecular weight is 235 g/mol. The van der Waals surface area contributed by atoms with Crippen LogP contribution in [0.4, 0.5) is 0 Å². The third kappa shape index (κ3) is 2.94. The molecule has 0 spiro atoms. The molecule has 1 saturated heterocycles. The number of carbonyl (C=O) groups excluding carboxylic acids is 1. The van der Waals surface area contributed by atoms with Gasteiger partial charge < -0.3 is 15.4 Å². The highest BCUT2D eigenvalue weighted by molar-refractivity contribution is 5.92. The van der Waals surface area contributed by atoms with Crippen molar-refractivity contribution in [2.45, 2.75) is 18.9 Å². The number of pyridine rings is 1. The zero-order valence-corrected chi connectivity index (χ0v) is 9.93. The van der Waals surface area contributed by atoms with E-state index in [1.807, 2.05) is 0 Å². The van der Waals surface area contributed by atoms with Crippen molar-refractivity contribution in [1.29, 1.82) is 0 Å². The van der Waals surface area contributed by atoms with Gasteiger partial charge in [0.2, 0.25) is 5.91 Å².